The highest BCUT2D eigenvalue weighted by atomic mass is 14.4. The summed E-state index contributed by atoms with van der Waals surface area (Å²) >= 11 is 0. The Kier molecular flexibility index (Phi) is 2.33. The minimum atomic E-state index is 0.297. The van der Waals surface area contributed by atoms with Gasteiger partial charge in [0.25, 0.3) is 0 Å². The monoisotopic (exact) mass is 188 g/mol. The second-order valence-corrected chi connectivity index (χ2v) is 5.16. The molecular formula is C14H20. The largest absolute Gasteiger partial charge is 0.0637 e. The quantitative estimate of drug-likeness (QED) is 0.531. The summed E-state index contributed by atoms with van der Waals surface area (Å²) in [6.45, 7) is 9.21. The fourth-order valence-electron chi connectivity index (χ4n) is 2.75. The molecule has 0 N–H and O–H groups in total. The molecular weight excluding hydrogens is 168 g/mol. The molecule has 0 nitrogen and oxygen atoms in total. The van der Waals surface area contributed by atoms with Crippen molar-refractivity contribution in [2.75, 3.05) is 0 Å². The minimum absolute atomic E-state index is 0.297. The zero-order valence-corrected chi connectivity index (χ0v) is 9.83. The first-order valence-corrected chi connectivity index (χ1v) is 5.71. The summed E-state index contributed by atoms with van der Waals surface area (Å²) in [6.07, 6.45) is 8.85. The predicted molar refractivity (Wildman–Crippen MR) is 60.9 cm³/mol. The normalized spacial score (nSPS) is 26.6. The Hall–Kier alpha value is -0.520. The van der Waals surface area contributed by atoms with E-state index in [4.69, 9.17) is 0 Å². The second kappa shape index (κ2) is 3.25. The smallest absolute Gasteiger partial charge is 0.0410 e. The van der Waals surface area contributed by atoms with Crippen LogP contribution in [0.5, 0.6) is 0 Å². The van der Waals surface area contributed by atoms with Gasteiger partial charge >= 0.3 is 0 Å². The highest BCUT2D eigenvalue weighted by molar-refractivity contribution is 5.47. The fraction of sp³-hybridized carbons (Fsp3) is 0.643. The lowest BCUT2D eigenvalue weighted by Crippen LogP contribution is -2.25. The van der Waals surface area contributed by atoms with Gasteiger partial charge in [-0.3, -0.25) is 0 Å². The summed E-state index contributed by atoms with van der Waals surface area (Å²) in [5.41, 5.74) is 6.36. The summed E-state index contributed by atoms with van der Waals surface area (Å²) in [7, 11) is 0. The first kappa shape index (κ1) is 10.0. The van der Waals surface area contributed by atoms with Crippen molar-refractivity contribution in [3.8, 4) is 0 Å². The molecule has 0 fully saturated rings. The number of rotatable bonds is 0. The van der Waals surface area contributed by atoms with Crippen LogP contribution in [-0.4, -0.2) is 0 Å². The molecule has 2 rings (SSSR count). The Bertz CT molecular complexity index is 313. The van der Waals surface area contributed by atoms with Gasteiger partial charge < -0.3 is 0 Å². The van der Waals surface area contributed by atoms with Crippen molar-refractivity contribution in [1.29, 1.82) is 0 Å². The first-order chi connectivity index (χ1) is 6.53. The van der Waals surface area contributed by atoms with Crippen LogP contribution in [0.3, 0.4) is 0 Å². The number of hydrogen-bond donors (Lipinski definition) is 0. The topological polar surface area (TPSA) is 0 Å². The summed E-state index contributed by atoms with van der Waals surface area (Å²) in [6, 6.07) is 0. The van der Waals surface area contributed by atoms with Gasteiger partial charge in [-0.25, -0.2) is 0 Å². The Balaban J connectivity index is 2.43. The molecule has 0 atom stereocenters. The lowest BCUT2D eigenvalue weighted by molar-refractivity contribution is 0.465. The zero-order chi connectivity index (χ0) is 10.3. The first-order valence-electron chi connectivity index (χ1n) is 5.71. The van der Waals surface area contributed by atoms with Crippen molar-refractivity contribution < 1.29 is 0 Å². The summed E-state index contributed by atoms with van der Waals surface area (Å²) in [5.74, 6) is 0. The van der Waals surface area contributed by atoms with Crippen LogP contribution in [0.4, 0.5) is 0 Å². The molecule has 0 amide bonds. The van der Waals surface area contributed by atoms with Crippen molar-refractivity contribution in [3.63, 3.8) is 0 Å². The van der Waals surface area contributed by atoms with E-state index in [1.54, 1.807) is 5.57 Å². The summed E-state index contributed by atoms with van der Waals surface area (Å²) < 4.78 is 0. The number of allylic oxidation sites excluding steroid dienone is 4. The van der Waals surface area contributed by atoms with E-state index >= 15 is 0 Å². The third-order valence-corrected chi connectivity index (χ3v) is 4.06. The molecule has 0 heterocycles. The van der Waals surface area contributed by atoms with Crippen molar-refractivity contribution >= 4 is 0 Å². The minimum Gasteiger partial charge on any atom is -0.0637 e. The van der Waals surface area contributed by atoms with Gasteiger partial charge in [-0.1, -0.05) is 36.1 Å². The van der Waals surface area contributed by atoms with Gasteiger partial charge in [-0.05, 0) is 39.5 Å². The average molecular weight is 188 g/mol. The van der Waals surface area contributed by atoms with Crippen LogP contribution in [0.25, 0.3) is 0 Å². The van der Waals surface area contributed by atoms with Crippen molar-refractivity contribution in [2.45, 2.75) is 53.4 Å². The molecule has 0 bridgehead atoms. The average Bonchev–Trinajstić information content (AvgIpc) is 2.15. The molecule has 0 aromatic carbocycles. The lowest BCUT2D eigenvalue weighted by Gasteiger charge is -2.39. The van der Waals surface area contributed by atoms with E-state index in [0.717, 1.165) is 0 Å². The molecule has 0 heteroatoms. The van der Waals surface area contributed by atoms with E-state index in [-0.39, 0.29) is 0 Å². The highest BCUT2D eigenvalue weighted by Gasteiger charge is 2.33. The predicted octanol–water partition coefficient (Wildman–Crippen LogP) is 4.31. The van der Waals surface area contributed by atoms with Crippen LogP contribution >= 0.6 is 0 Å². The van der Waals surface area contributed by atoms with Gasteiger partial charge in [0.2, 0.25) is 0 Å². The zero-order valence-electron chi connectivity index (χ0n) is 9.83. The van der Waals surface area contributed by atoms with Crippen LogP contribution in [0.2, 0.25) is 0 Å². The molecule has 0 unspecified atom stereocenters. The van der Waals surface area contributed by atoms with Crippen LogP contribution in [0.1, 0.15) is 53.4 Å². The Morgan fingerprint density at radius 3 is 2.43 bits per heavy atom. The highest BCUT2D eigenvalue weighted by Crippen LogP contribution is 2.48. The van der Waals surface area contributed by atoms with Gasteiger partial charge in [-0.15, -0.1) is 0 Å². The Labute approximate surface area is 88.1 Å². The summed E-state index contributed by atoms with van der Waals surface area (Å²) in [5, 5.41) is 0. The lowest BCUT2D eigenvalue weighted by atomic mass is 9.65. The molecule has 2 radical (unpaired) electrons. The van der Waals surface area contributed by atoms with E-state index in [0.29, 0.717) is 5.41 Å². The summed E-state index contributed by atoms with van der Waals surface area (Å²) in [4.78, 5) is 0. The molecule has 0 aromatic rings. The van der Waals surface area contributed by atoms with Crippen molar-refractivity contribution in [3.05, 3.63) is 28.7 Å². The molecule has 2 aliphatic carbocycles. The fourth-order valence-corrected chi connectivity index (χ4v) is 2.75. The Morgan fingerprint density at radius 1 is 1.07 bits per heavy atom. The van der Waals surface area contributed by atoms with E-state index in [9.17, 15) is 0 Å². The van der Waals surface area contributed by atoms with Gasteiger partial charge in [-0.2, -0.15) is 0 Å². The van der Waals surface area contributed by atoms with E-state index in [2.05, 4.69) is 34.1 Å². The van der Waals surface area contributed by atoms with Crippen LogP contribution < -0.4 is 0 Å². The molecule has 0 aromatic heterocycles. The molecule has 2 aliphatic rings. The molecule has 0 spiro atoms. The standard InChI is InChI=1S/C14H20/c1-10-9-12-7-5-6-8-13(12)14(3,4)11(10)2/h5-8H2,1-4H3. The molecule has 14 heavy (non-hydrogen) atoms. The maximum atomic E-state index is 3.58. The van der Waals surface area contributed by atoms with Gasteiger partial charge in [0.05, 0.1) is 0 Å². The maximum absolute atomic E-state index is 3.58. The van der Waals surface area contributed by atoms with Crippen molar-refractivity contribution in [1.82, 2.24) is 0 Å². The molecule has 0 saturated heterocycles. The maximum Gasteiger partial charge on any atom is 0.0410 e. The third-order valence-electron chi connectivity index (χ3n) is 4.06. The molecule has 0 aliphatic heterocycles. The molecule has 76 valence electrons. The van der Waals surface area contributed by atoms with Gasteiger partial charge in [0.1, 0.15) is 0 Å². The SMILES string of the molecule is CC1=C(C)C(C)(C)C2=C([C]1)CCCC2. The van der Waals surface area contributed by atoms with Crippen molar-refractivity contribution in [2.24, 2.45) is 5.41 Å². The second-order valence-electron chi connectivity index (χ2n) is 5.16. The van der Waals surface area contributed by atoms with Gasteiger partial charge in [0.15, 0.2) is 0 Å². The van der Waals surface area contributed by atoms with E-state index < -0.39 is 0 Å². The Morgan fingerprint density at radius 2 is 1.71 bits per heavy atom. The van der Waals surface area contributed by atoms with E-state index in [1.165, 1.54) is 42.4 Å². The van der Waals surface area contributed by atoms with Crippen LogP contribution in [0.15, 0.2) is 22.3 Å². The van der Waals surface area contributed by atoms with Crippen LogP contribution in [0, 0.1) is 11.8 Å². The third kappa shape index (κ3) is 1.36. The van der Waals surface area contributed by atoms with Gasteiger partial charge in [0, 0.05) is 11.8 Å². The number of hydrogen-bond acceptors (Lipinski definition) is 0. The molecule has 0 saturated carbocycles. The van der Waals surface area contributed by atoms with Crippen LogP contribution in [-0.2, 0) is 0 Å². The van der Waals surface area contributed by atoms with E-state index in [1.807, 2.05) is 0 Å².